The summed E-state index contributed by atoms with van der Waals surface area (Å²) >= 11 is 0. The van der Waals surface area contributed by atoms with Gasteiger partial charge in [0.2, 0.25) is 0 Å². The summed E-state index contributed by atoms with van der Waals surface area (Å²) in [5.74, 6) is 0.828. The van der Waals surface area contributed by atoms with Gasteiger partial charge in [0.25, 0.3) is 0 Å². The maximum atomic E-state index is 5.80. The third kappa shape index (κ3) is 2.64. The summed E-state index contributed by atoms with van der Waals surface area (Å²) in [5.41, 5.74) is 9.70. The lowest BCUT2D eigenvalue weighted by atomic mass is 10.2. The summed E-state index contributed by atoms with van der Waals surface area (Å²) in [6.07, 6.45) is 0.936. The third-order valence-corrected chi connectivity index (χ3v) is 2.98. The lowest BCUT2D eigenvalue weighted by Gasteiger charge is -2.09. The molecule has 0 aliphatic rings. The molecule has 4 heteroatoms. The van der Waals surface area contributed by atoms with Crippen molar-refractivity contribution >= 4 is 5.69 Å². The Bertz CT molecular complexity index is 546. The highest BCUT2D eigenvalue weighted by molar-refractivity contribution is 5.47. The summed E-state index contributed by atoms with van der Waals surface area (Å²) in [5, 5.41) is 4.39. The van der Waals surface area contributed by atoms with Crippen molar-refractivity contribution < 1.29 is 4.74 Å². The minimum Gasteiger partial charge on any atom is -0.487 e. The largest absolute Gasteiger partial charge is 0.487 e. The van der Waals surface area contributed by atoms with Gasteiger partial charge in [0, 0.05) is 18.8 Å². The molecule has 2 N–H and O–H groups in total. The molecular weight excluding hydrogens is 226 g/mol. The number of nitrogens with zero attached hydrogens (tertiary/aromatic N) is 2. The van der Waals surface area contributed by atoms with Crippen LogP contribution in [0.15, 0.2) is 24.3 Å². The molecule has 0 amide bonds. The fourth-order valence-electron chi connectivity index (χ4n) is 1.80. The number of hydrogen-bond acceptors (Lipinski definition) is 3. The predicted molar refractivity (Wildman–Crippen MR) is 72.5 cm³/mol. The minimum absolute atomic E-state index is 0.508. The van der Waals surface area contributed by atoms with Gasteiger partial charge in [-0.3, -0.25) is 4.68 Å². The monoisotopic (exact) mass is 245 g/mol. The van der Waals surface area contributed by atoms with E-state index in [1.807, 2.05) is 36.9 Å². The lowest BCUT2D eigenvalue weighted by Crippen LogP contribution is -2.04. The van der Waals surface area contributed by atoms with Gasteiger partial charge in [-0.1, -0.05) is 13.0 Å². The molecule has 0 spiro atoms. The molecule has 0 saturated carbocycles. The lowest BCUT2D eigenvalue weighted by molar-refractivity contribution is 0.293. The second-order valence-electron chi connectivity index (χ2n) is 4.42. The van der Waals surface area contributed by atoms with Gasteiger partial charge in [0.1, 0.15) is 12.4 Å². The molecule has 0 bridgehead atoms. The standard InChI is InChI=1S/C14H19N3O/c1-4-12-8-13(17(3)16-12)9-18-14-7-11(15)6-5-10(14)2/h5-8H,4,9,15H2,1-3H3. The first kappa shape index (κ1) is 12.5. The first-order valence-electron chi connectivity index (χ1n) is 6.11. The SMILES string of the molecule is CCc1cc(COc2cc(N)ccc2C)n(C)n1. The number of ether oxygens (including phenoxy) is 1. The molecule has 1 heterocycles. The predicted octanol–water partition coefficient (Wildman–Crippen LogP) is 2.45. The van der Waals surface area contributed by atoms with Crippen LogP contribution in [0, 0.1) is 6.92 Å². The van der Waals surface area contributed by atoms with Crippen molar-refractivity contribution in [1.29, 1.82) is 0 Å². The number of nitrogens with two attached hydrogens (primary N) is 1. The van der Waals surface area contributed by atoms with E-state index in [9.17, 15) is 0 Å². The zero-order valence-electron chi connectivity index (χ0n) is 11.1. The molecule has 1 aromatic carbocycles. The van der Waals surface area contributed by atoms with Crippen LogP contribution < -0.4 is 10.5 Å². The van der Waals surface area contributed by atoms with E-state index in [0.29, 0.717) is 6.61 Å². The number of anilines is 1. The van der Waals surface area contributed by atoms with Crippen LogP contribution in [0.1, 0.15) is 23.9 Å². The Morgan fingerprint density at radius 1 is 1.33 bits per heavy atom. The van der Waals surface area contributed by atoms with Gasteiger partial charge in [-0.2, -0.15) is 5.10 Å². The van der Waals surface area contributed by atoms with Crippen molar-refractivity contribution in [2.24, 2.45) is 7.05 Å². The zero-order valence-corrected chi connectivity index (χ0v) is 11.1. The topological polar surface area (TPSA) is 53.1 Å². The van der Waals surface area contributed by atoms with Crippen LogP contribution in [-0.4, -0.2) is 9.78 Å². The van der Waals surface area contributed by atoms with Crippen LogP contribution in [-0.2, 0) is 20.1 Å². The van der Waals surface area contributed by atoms with E-state index < -0.39 is 0 Å². The highest BCUT2D eigenvalue weighted by Gasteiger charge is 2.06. The van der Waals surface area contributed by atoms with Gasteiger partial charge < -0.3 is 10.5 Å². The molecule has 0 radical (unpaired) electrons. The molecular formula is C14H19N3O. The van der Waals surface area contributed by atoms with Crippen LogP contribution in [0.4, 0.5) is 5.69 Å². The van der Waals surface area contributed by atoms with Gasteiger partial charge in [0.15, 0.2) is 0 Å². The van der Waals surface area contributed by atoms with Crippen molar-refractivity contribution in [3.8, 4) is 5.75 Å². The average Bonchev–Trinajstić information content (AvgIpc) is 2.71. The Kier molecular flexibility index (Phi) is 3.55. The summed E-state index contributed by atoms with van der Waals surface area (Å²) in [7, 11) is 1.93. The molecule has 2 aromatic rings. The summed E-state index contributed by atoms with van der Waals surface area (Å²) in [4.78, 5) is 0. The van der Waals surface area contributed by atoms with Gasteiger partial charge in [-0.05, 0) is 31.0 Å². The maximum absolute atomic E-state index is 5.80. The van der Waals surface area contributed by atoms with E-state index in [4.69, 9.17) is 10.5 Å². The number of hydrogen-bond donors (Lipinski definition) is 1. The van der Waals surface area contributed by atoms with E-state index in [2.05, 4.69) is 18.1 Å². The molecule has 1 aromatic heterocycles. The molecule has 2 rings (SSSR count). The Morgan fingerprint density at radius 2 is 2.11 bits per heavy atom. The smallest absolute Gasteiger partial charge is 0.130 e. The first-order valence-corrected chi connectivity index (χ1v) is 6.11. The first-order chi connectivity index (χ1) is 8.60. The second kappa shape index (κ2) is 5.12. The van der Waals surface area contributed by atoms with Gasteiger partial charge in [0.05, 0.1) is 11.4 Å². The number of aryl methyl sites for hydroxylation is 3. The molecule has 0 unspecified atom stereocenters. The molecule has 0 saturated heterocycles. The quantitative estimate of drug-likeness (QED) is 0.842. The summed E-state index contributed by atoms with van der Waals surface area (Å²) in [6.45, 7) is 4.61. The van der Waals surface area contributed by atoms with Crippen molar-refractivity contribution in [3.05, 3.63) is 41.2 Å². The normalized spacial score (nSPS) is 10.6. The third-order valence-electron chi connectivity index (χ3n) is 2.98. The van der Waals surface area contributed by atoms with Crippen LogP contribution >= 0.6 is 0 Å². The highest BCUT2D eigenvalue weighted by atomic mass is 16.5. The van der Waals surface area contributed by atoms with Crippen molar-refractivity contribution in [2.75, 3.05) is 5.73 Å². The van der Waals surface area contributed by atoms with Crippen LogP contribution in [0.2, 0.25) is 0 Å². The number of rotatable bonds is 4. The maximum Gasteiger partial charge on any atom is 0.130 e. The van der Waals surface area contributed by atoms with Crippen LogP contribution in [0.3, 0.4) is 0 Å². The number of nitrogen functional groups attached to an aromatic ring is 1. The summed E-state index contributed by atoms with van der Waals surface area (Å²) in [6, 6.07) is 7.76. The van der Waals surface area contributed by atoms with E-state index in [-0.39, 0.29) is 0 Å². The molecule has 4 nitrogen and oxygen atoms in total. The Hall–Kier alpha value is -1.97. The van der Waals surface area contributed by atoms with E-state index in [1.165, 1.54) is 0 Å². The van der Waals surface area contributed by atoms with Crippen LogP contribution in [0.5, 0.6) is 5.75 Å². The van der Waals surface area contributed by atoms with Gasteiger partial charge in [-0.15, -0.1) is 0 Å². The number of benzene rings is 1. The van der Waals surface area contributed by atoms with E-state index >= 15 is 0 Å². The molecule has 96 valence electrons. The molecule has 0 fully saturated rings. The van der Waals surface area contributed by atoms with Crippen molar-refractivity contribution in [3.63, 3.8) is 0 Å². The molecule has 0 atom stereocenters. The van der Waals surface area contributed by atoms with Crippen LogP contribution in [0.25, 0.3) is 0 Å². The molecule has 0 aliphatic carbocycles. The molecule has 0 aliphatic heterocycles. The van der Waals surface area contributed by atoms with Gasteiger partial charge >= 0.3 is 0 Å². The Balaban J connectivity index is 2.11. The fourth-order valence-corrected chi connectivity index (χ4v) is 1.80. The van der Waals surface area contributed by atoms with Gasteiger partial charge in [-0.25, -0.2) is 0 Å². The summed E-state index contributed by atoms with van der Waals surface area (Å²) < 4.78 is 7.66. The van der Waals surface area contributed by atoms with Crippen molar-refractivity contribution in [1.82, 2.24) is 9.78 Å². The molecule has 18 heavy (non-hydrogen) atoms. The average molecular weight is 245 g/mol. The Labute approximate surface area is 107 Å². The van der Waals surface area contributed by atoms with E-state index in [0.717, 1.165) is 34.8 Å². The minimum atomic E-state index is 0.508. The van der Waals surface area contributed by atoms with E-state index in [1.54, 1.807) is 0 Å². The van der Waals surface area contributed by atoms with Crippen molar-refractivity contribution in [2.45, 2.75) is 26.9 Å². The second-order valence-corrected chi connectivity index (χ2v) is 4.42. The Morgan fingerprint density at radius 3 is 2.78 bits per heavy atom. The fraction of sp³-hybridized carbons (Fsp3) is 0.357. The zero-order chi connectivity index (χ0) is 13.1. The number of aromatic nitrogens is 2. The highest BCUT2D eigenvalue weighted by Crippen LogP contribution is 2.21.